The molecule has 0 amide bonds. The first-order valence-corrected chi connectivity index (χ1v) is 13.7. The fourth-order valence-electron chi connectivity index (χ4n) is 4.86. The highest BCUT2D eigenvalue weighted by molar-refractivity contribution is 7.90. The molecule has 1 heterocycles. The topological polar surface area (TPSA) is 76.7 Å². The number of sulfonamides is 1. The van der Waals surface area contributed by atoms with Crippen molar-refractivity contribution in [2.45, 2.75) is 87.6 Å². The third-order valence-electron chi connectivity index (χ3n) is 6.76. The Morgan fingerprint density at radius 3 is 2.61 bits per heavy atom. The molecule has 2 saturated carbocycles. The predicted octanol–water partition coefficient (Wildman–Crippen LogP) is 3.98. The van der Waals surface area contributed by atoms with Crippen molar-refractivity contribution in [2.75, 3.05) is 19.8 Å². The number of benzene rings is 1. The maximum absolute atomic E-state index is 12.4. The minimum absolute atomic E-state index is 0.0393. The monoisotopic (exact) mass is 470 g/mol. The summed E-state index contributed by atoms with van der Waals surface area (Å²) in [5, 5.41) is 4.04. The molecule has 0 spiro atoms. The quantitative estimate of drug-likeness (QED) is 0.570. The molecule has 4 rings (SSSR count). The fourth-order valence-corrected chi connectivity index (χ4v) is 6.69. The number of rotatable bonds is 9. The number of ether oxygens (including phenoxy) is 2. The first-order chi connectivity index (χ1) is 15.0. The van der Waals surface area contributed by atoms with E-state index in [1.54, 1.807) is 0 Å². The zero-order chi connectivity index (χ0) is 21.8. The van der Waals surface area contributed by atoms with Gasteiger partial charge in [-0.3, -0.25) is 0 Å². The number of hydrogen-bond acceptors (Lipinski definition) is 5. The number of halogens is 1. The molecule has 1 aliphatic heterocycles. The van der Waals surface area contributed by atoms with Gasteiger partial charge in [-0.15, -0.1) is 0 Å². The first-order valence-electron chi connectivity index (χ1n) is 11.7. The van der Waals surface area contributed by atoms with E-state index in [-0.39, 0.29) is 23.4 Å². The molecular formula is C23H35ClN2O4S. The summed E-state index contributed by atoms with van der Waals surface area (Å²) in [6, 6.07) is 5.87. The Balaban J connectivity index is 1.28. The van der Waals surface area contributed by atoms with Crippen LogP contribution in [-0.2, 0) is 14.8 Å². The molecule has 2 aliphatic carbocycles. The molecule has 6 nitrogen and oxygen atoms in total. The largest absolute Gasteiger partial charge is 0.494 e. The lowest BCUT2D eigenvalue weighted by Crippen LogP contribution is -2.56. The molecule has 0 radical (unpaired) electrons. The molecule has 3 aliphatic rings. The van der Waals surface area contributed by atoms with Crippen molar-refractivity contribution in [1.29, 1.82) is 0 Å². The Morgan fingerprint density at radius 2 is 1.90 bits per heavy atom. The number of nitrogens with one attached hydrogen (secondary N) is 2. The average Bonchev–Trinajstić information content (AvgIpc) is 3.61. The van der Waals surface area contributed by atoms with E-state index >= 15 is 0 Å². The van der Waals surface area contributed by atoms with Crippen LogP contribution < -0.4 is 14.8 Å². The summed E-state index contributed by atoms with van der Waals surface area (Å²) < 4.78 is 39.8. The van der Waals surface area contributed by atoms with Gasteiger partial charge >= 0.3 is 0 Å². The van der Waals surface area contributed by atoms with Crippen LogP contribution in [0.3, 0.4) is 0 Å². The van der Waals surface area contributed by atoms with Crippen LogP contribution >= 0.6 is 11.6 Å². The number of piperidine rings is 1. The van der Waals surface area contributed by atoms with Gasteiger partial charge in [0.25, 0.3) is 0 Å². The van der Waals surface area contributed by atoms with Crippen LogP contribution in [0.5, 0.6) is 5.75 Å². The Labute approximate surface area is 191 Å². The molecule has 2 N–H and O–H groups in total. The summed E-state index contributed by atoms with van der Waals surface area (Å²) in [5.41, 5.74) is 1.20. The van der Waals surface area contributed by atoms with Gasteiger partial charge in [-0.1, -0.05) is 11.6 Å². The molecular weight excluding hydrogens is 436 g/mol. The fraction of sp³-hybridized carbons (Fsp3) is 0.739. The lowest BCUT2D eigenvalue weighted by molar-refractivity contribution is 0.00509. The average molecular weight is 471 g/mol. The molecule has 0 aromatic heterocycles. The second-order valence-electron chi connectivity index (χ2n) is 9.09. The minimum Gasteiger partial charge on any atom is -0.494 e. The zero-order valence-electron chi connectivity index (χ0n) is 18.3. The lowest BCUT2D eigenvalue weighted by atomic mass is 9.82. The van der Waals surface area contributed by atoms with E-state index in [0.29, 0.717) is 19.1 Å². The highest BCUT2D eigenvalue weighted by Gasteiger charge is 2.39. The van der Waals surface area contributed by atoms with Crippen LogP contribution in [0, 0.1) is 0 Å². The van der Waals surface area contributed by atoms with E-state index in [1.807, 2.05) is 25.1 Å². The molecule has 174 valence electrons. The Kier molecular flexibility index (Phi) is 7.81. The zero-order valence-corrected chi connectivity index (χ0v) is 19.9. The smallest absolute Gasteiger partial charge is 0.214 e. The molecule has 1 aromatic rings. The summed E-state index contributed by atoms with van der Waals surface area (Å²) in [5.74, 6) is 1.37. The minimum atomic E-state index is -3.18. The second kappa shape index (κ2) is 10.4. The van der Waals surface area contributed by atoms with Gasteiger partial charge in [-0.05, 0) is 94.5 Å². The van der Waals surface area contributed by atoms with Gasteiger partial charge in [0.2, 0.25) is 10.0 Å². The lowest BCUT2D eigenvalue weighted by Gasteiger charge is -2.35. The summed E-state index contributed by atoms with van der Waals surface area (Å²) in [6.07, 6.45) is 7.73. The van der Waals surface area contributed by atoms with Crippen molar-refractivity contribution >= 4 is 21.6 Å². The Hall–Kier alpha value is -0.860. The summed E-state index contributed by atoms with van der Waals surface area (Å²) >= 11 is 6.25. The third-order valence-corrected chi connectivity index (χ3v) is 8.98. The van der Waals surface area contributed by atoms with Gasteiger partial charge in [0.05, 0.1) is 24.6 Å². The second-order valence-corrected chi connectivity index (χ2v) is 11.5. The van der Waals surface area contributed by atoms with Crippen molar-refractivity contribution in [3.05, 3.63) is 28.8 Å². The van der Waals surface area contributed by atoms with Gasteiger partial charge < -0.3 is 14.8 Å². The van der Waals surface area contributed by atoms with Crippen LogP contribution in [-0.4, -0.2) is 51.6 Å². The van der Waals surface area contributed by atoms with Gasteiger partial charge in [-0.2, -0.15) is 0 Å². The summed E-state index contributed by atoms with van der Waals surface area (Å²) in [6.45, 7) is 4.11. The highest BCUT2D eigenvalue weighted by atomic mass is 35.5. The molecule has 3 fully saturated rings. The first kappa shape index (κ1) is 23.3. The highest BCUT2D eigenvalue weighted by Crippen LogP contribution is 2.39. The normalized spacial score (nSPS) is 29.6. The number of hydrogen-bond donors (Lipinski definition) is 2. The molecule has 0 bridgehead atoms. The van der Waals surface area contributed by atoms with Crippen LogP contribution in [0.4, 0.5) is 0 Å². The van der Waals surface area contributed by atoms with Crippen molar-refractivity contribution in [3.63, 3.8) is 0 Å². The standard InChI is InChI=1S/C23H35ClN2O4S/c1-2-29-23-12-7-17(24)14-20(23)16-5-8-18(9-6-16)30-15-22-21(4-3-13-25-22)26-31(27,28)19-10-11-19/h7,12,14,16,18-19,21-22,25-26H,2-6,8-11,13,15H2,1H3/t16?,18?,21-,22-/m0/s1. The summed E-state index contributed by atoms with van der Waals surface area (Å²) in [4.78, 5) is 0. The maximum atomic E-state index is 12.4. The third kappa shape index (κ3) is 6.14. The van der Waals surface area contributed by atoms with E-state index in [1.165, 1.54) is 5.56 Å². The van der Waals surface area contributed by atoms with Crippen LogP contribution in [0.2, 0.25) is 5.02 Å². The maximum Gasteiger partial charge on any atom is 0.214 e. The SMILES string of the molecule is CCOc1ccc(Cl)cc1C1CCC(OC[C@@H]2NCCC[C@@H]2NS(=O)(=O)C2CC2)CC1. The predicted molar refractivity (Wildman–Crippen MR) is 123 cm³/mol. The molecule has 0 unspecified atom stereocenters. The van der Waals surface area contributed by atoms with Gasteiger partial charge in [0, 0.05) is 17.1 Å². The molecule has 8 heteroatoms. The molecule has 1 saturated heterocycles. The van der Waals surface area contributed by atoms with Crippen molar-refractivity contribution in [1.82, 2.24) is 10.0 Å². The van der Waals surface area contributed by atoms with Crippen molar-refractivity contribution in [2.24, 2.45) is 0 Å². The van der Waals surface area contributed by atoms with Crippen LogP contribution in [0.1, 0.15) is 69.8 Å². The van der Waals surface area contributed by atoms with E-state index in [4.69, 9.17) is 21.1 Å². The van der Waals surface area contributed by atoms with E-state index < -0.39 is 10.0 Å². The van der Waals surface area contributed by atoms with E-state index in [9.17, 15) is 8.42 Å². The van der Waals surface area contributed by atoms with E-state index in [0.717, 1.165) is 68.7 Å². The van der Waals surface area contributed by atoms with Crippen LogP contribution in [0.15, 0.2) is 18.2 Å². The van der Waals surface area contributed by atoms with Crippen LogP contribution in [0.25, 0.3) is 0 Å². The van der Waals surface area contributed by atoms with Crippen molar-refractivity contribution < 1.29 is 17.9 Å². The van der Waals surface area contributed by atoms with E-state index in [2.05, 4.69) is 10.0 Å². The van der Waals surface area contributed by atoms with Crippen molar-refractivity contribution in [3.8, 4) is 5.75 Å². The Morgan fingerprint density at radius 1 is 1.13 bits per heavy atom. The molecule has 2 atom stereocenters. The Bertz CT molecular complexity index is 838. The van der Waals surface area contributed by atoms with Gasteiger partial charge in [0.1, 0.15) is 5.75 Å². The van der Waals surface area contributed by atoms with Gasteiger partial charge in [0.15, 0.2) is 0 Å². The molecule has 1 aromatic carbocycles. The molecule has 31 heavy (non-hydrogen) atoms. The summed E-state index contributed by atoms with van der Waals surface area (Å²) in [7, 11) is -3.18. The van der Waals surface area contributed by atoms with Gasteiger partial charge in [-0.25, -0.2) is 13.1 Å².